The molecule has 2 aromatic rings. The number of hydrogen-bond acceptors (Lipinski definition) is 3. The summed E-state index contributed by atoms with van der Waals surface area (Å²) < 4.78 is 0. The molecule has 0 unspecified atom stereocenters. The van der Waals surface area contributed by atoms with E-state index in [9.17, 15) is 0 Å². The fourth-order valence-electron chi connectivity index (χ4n) is 2.83. The minimum Gasteiger partial charge on any atom is -0.321 e. The van der Waals surface area contributed by atoms with Crippen LogP contribution in [0.2, 0.25) is 0 Å². The summed E-state index contributed by atoms with van der Waals surface area (Å²) >= 11 is 2.06. The van der Waals surface area contributed by atoms with Crippen molar-refractivity contribution in [2.24, 2.45) is 0 Å². The molecule has 1 aliphatic rings. The van der Waals surface area contributed by atoms with E-state index in [0.717, 1.165) is 17.5 Å². The van der Waals surface area contributed by atoms with Crippen LogP contribution < -0.4 is 10.9 Å². The number of benzene rings is 2. The Labute approximate surface area is 137 Å². The van der Waals surface area contributed by atoms with Crippen LogP contribution in [-0.2, 0) is 6.54 Å². The van der Waals surface area contributed by atoms with Crippen LogP contribution in [0, 0.1) is 0 Å². The van der Waals surface area contributed by atoms with Gasteiger partial charge in [0.15, 0.2) is 0 Å². The molecule has 2 nitrogen and oxygen atoms in total. The fraction of sp³-hybridized carbons (Fsp3) is 0.368. The number of nitrogens with one attached hydrogen (secondary N) is 2. The lowest BCUT2D eigenvalue weighted by Gasteiger charge is -2.21. The Balaban J connectivity index is 1.44. The summed E-state index contributed by atoms with van der Waals surface area (Å²) in [6, 6.07) is 19.2. The first-order chi connectivity index (χ1) is 10.9. The Morgan fingerprint density at radius 1 is 0.864 bits per heavy atom. The Bertz CT molecular complexity index is 547. The standard InChI is InChI=1S/C19H24N2S/c1-3-7-17(8-4-1)21-20-15-16-11-13-19(14-12-16)22-18-9-5-2-6-10-18/h1,3-4,7-8,11-14,18,20-21H,2,5-6,9-10,15H2. The third kappa shape index (κ3) is 4.79. The van der Waals surface area contributed by atoms with Crippen LogP contribution in [0.15, 0.2) is 59.5 Å². The highest BCUT2D eigenvalue weighted by Gasteiger charge is 2.14. The number of para-hydroxylation sites is 1. The van der Waals surface area contributed by atoms with Crippen LogP contribution in [0.25, 0.3) is 0 Å². The van der Waals surface area contributed by atoms with Crippen molar-refractivity contribution in [1.29, 1.82) is 0 Å². The summed E-state index contributed by atoms with van der Waals surface area (Å²) in [5, 5.41) is 0.831. The lowest BCUT2D eigenvalue weighted by atomic mass is 10.0. The molecule has 22 heavy (non-hydrogen) atoms. The number of rotatable bonds is 6. The van der Waals surface area contributed by atoms with Gasteiger partial charge in [-0.05, 0) is 42.7 Å². The number of anilines is 1. The zero-order valence-corrected chi connectivity index (χ0v) is 13.7. The van der Waals surface area contributed by atoms with Gasteiger partial charge in [-0.15, -0.1) is 11.8 Å². The largest absolute Gasteiger partial charge is 0.321 e. The van der Waals surface area contributed by atoms with E-state index in [2.05, 4.69) is 59.0 Å². The van der Waals surface area contributed by atoms with E-state index in [0.29, 0.717) is 0 Å². The third-order valence-electron chi connectivity index (χ3n) is 4.08. The highest BCUT2D eigenvalue weighted by atomic mass is 32.2. The Kier molecular flexibility index (Phi) is 5.79. The maximum Gasteiger partial charge on any atom is 0.0487 e. The summed E-state index contributed by atoms with van der Waals surface area (Å²) in [4.78, 5) is 1.41. The molecule has 0 heterocycles. The van der Waals surface area contributed by atoms with Gasteiger partial charge in [0.2, 0.25) is 0 Å². The average molecular weight is 312 g/mol. The number of hydrazine groups is 1. The fourth-order valence-corrected chi connectivity index (χ4v) is 4.08. The first-order valence-corrected chi connectivity index (χ1v) is 9.08. The van der Waals surface area contributed by atoms with Crippen molar-refractivity contribution >= 4 is 17.4 Å². The molecule has 116 valence electrons. The second-order valence-corrected chi connectivity index (χ2v) is 7.24. The molecule has 0 aliphatic heterocycles. The summed E-state index contributed by atoms with van der Waals surface area (Å²) in [5.41, 5.74) is 8.87. The number of thioether (sulfide) groups is 1. The van der Waals surface area contributed by atoms with Crippen LogP contribution in [0.3, 0.4) is 0 Å². The SMILES string of the molecule is c1ccc(NNCc2ccc(SC3CCCCC3)cc2)cc1. The Morgan fingerprint density at radius 3 is 2.32 bits per heavy atom. The van der Waals surface area contributed by atoms with Gasteiger partial charge < -0.3 is 5.43 Å². The maximum absolute atomic E-state index is 3.26. The van der Waals surface area contributed by atoms with E-state index in [4.69, 9.17) is 0 Å². The zero-order chi connectivity index (χ0) is 15.0. The van der Waals surface area contributed by atoms with Crippen molar-refractivity contribution < 1.29 is 0 Å². The van der Waals surface area contributed by atoms with E-state index in [1.54, 1.807) is 0 Å². The minimum atomic E-state index is 0.823. The van der Waals surface area contributed by atoms with Gasteiger partial charge in [0, 0.05) is 22.4 Å². The topological polar surface area (TPSA) is 24.1 Å². The predicted molar refractivity (Wildman–Crippen MR) is 96.1 cm³/mol. The molecular weight excluding hydrogens is 288 g/mol. The second-order valence-electron chi connectivity index (χ2n) is 5.87. The highest BCUT2D eigenvalue weighted by molar-refractivity contribution is 8.00. The lowest BCUT2D eigenvalue weighted by molar-refractivity contribution is 0.516. The zero-order valence-electron chi connectivity index (χ0n) is 12.9. The monoisotopic (exact) mass is 312 g/mol. The molecule has 0 aromatic heterocycles. The van der Waals surface area contributed by atoms with Gasteiger partial charge in [-0.25, -0.2) is 5.43 Å². The van der Waals surface area contributed by atoms with Crippen molar-refractivity contribution in [1.82, 2.24) is 5.43 Å². The molecular formula is C19H24N2S. The molecule has 3 rings (SSSR count). The van der Waals surface area contributed by atoms with Gasteiger partial charge in [0.25, 0.3) is 0 Å². The molecule has 2 N–H and O–H groups in total. The van der Waals surface area contributed by atoms with E-state index in [1.807, 2.05) is 18.2 Å². The first kappa shape index (κ1) is 15.4. The highest BCUT2D eigenvalue weighted by Crippen LogP contribution is 2.33. The second kappa shape index (κ2) is 8.25. The van der Waals surface area contributed by atoms with Crippen molar-refractivity contribution in [2.75, 3.05) is 5.43 Å². The normalized spacial score (nSPS) is 15.6. The van der Waals surface area contributed by atoms with Crippen LogP contribution in [0.5, 0.6) is 0 Å². The molecule has 1 fully saturated rings. The molecule has 0 amide bonds. The predicted octanol–water partition coefficient (Wildman–Crippen LogP) is 5.23. The van der Waals surface area contributed by atoms with Crippen molar-refractivity contribution in [3.8, 4) is 0 Å². The number of hydrogen-bond donors (Lipinski definition) is 2. The van der Waals surface area contributed by atoms with E-state index >= 15 is 0 Å². The Hall–Kier alpha value is -1.45. The molecule has 2 aromatic carbocycles. The molecule has 0 saturated heterocycles. The van der Waals surface area contributed by atoms with Crippen LogP contribution in [0.4, 0.5) is 5.69 Å². The van der Waals surface area contributed by atoms with Crippen LogP contribution in [0.1, 0.15) is 37.7 Å². The molecule has 0 spiro atoms. The Morgan fingerprint density at radius 2 is 1.59 bits per heavy atom. The molecule has 1 aliphatic carbocycles. The summed E-state index contributed by atoms with van der Waals surface area (Å²) in [6.45, 7) is 0.823. The minimum absolute atomic E-state index is 0.823. The molecule has 0 radical (unpaired) electrons. The third-order valence-corrected chi connectivity index (χ3v) is 5.43. The van der Waals surface area contributed by atoms with E-state index in [-0.39, 0.29) is 0 Å². The average Bonchev–Trinajstić information content (AvgIpc) is 2.58. The quantitative estimate of drug-likeness (QED) is 0.714. The smallest absolute Gasteiger partial charge is 0.0487 e. The molecule has 3 heteroatoms. The van der Waals surface area contributed by atoms with Crippen molar-refractivity contribution in [3.63, 3.8) is 0 Å². The molecule has 0 atom stereocenters. The van der Waals surface area contributed by atoms with Crippen LogP contribution >= 0.6 is 11.8 Å². The van der Waals surface area contributed by atoms with Crippen molar-refractivity contribution in [3.05, 3.63) is 60.2 Å². The summed E-state index contributed by atoms with van der Waals surface area (Å²) in [5.74, 6) is 0. The van der Waals surface area contributed by atoms with E-state index < -0.39 is 0 Å². The molecule has 1 saturated carbocycles. The maximum atomic E-state index is 3.26. The van der Waals surface area contributed by atoms with Gasteiger partial charge in [-0.3, -0.25) is 0 Å². The first-order valence-electron chi connectivity index (χ1n) is 8.20. The lowest BCUT2D eigenvalue weighted by Crippen LogP contribution is -2.20. The van der Waals surface area contributed by atoms with Gasteiger partial charge in [-0.2, -0.15) is 0 Å². The van der Waals surface area contributed by atoms with Gasteiger partial charge in [0.1, 0.15) is 0 Å². The van der Waals surface area contributed by atoms with Crippen LogP contribution in [-0.4, -0.2) is 5.25 Å². The van der Waals surface area contributed by atoms with E-state index in [1.165, 1.54) is 42.6 Å². The van der Waals surface area contributed by atoms with Crippen molar-refractivity contribution in [2.45, 2.75) is 48.8 Å². The summed E-state index contributed by atoms with van der Waals surface area (Å²) in [6.07, 6.45) is 7.01. The van der Waals surface area contributed by atoms with Gasteiger partial charge in [0.05, 0.1) is 0 Å². The summed E-state index contributed by atoms with van der Waals surface area (Å²) in [7, 11) is 0. The van der Waals surface area contributed by atoms with Gasteiger partial charge >= 0.3 is 0 Å². The molecule has 0 bridgehead atoms. The van der Waals surface area contributed by atoms with Gasteiger partial charge in [-0.1, -0.05) is 49.6 Å².